The molecule has 0 spiro atoms. The van der Waals surface area contributed by atoms with Crippen LogP contribution < -0.4 is 10.7 Å². The number of pyridine rings is 1. The lowest BCUT2D eigenvalue weighted by Crippen LogP contribution is -2.48. The summed E-state index contributed by atoms with van der Waals surface area (Å²) in [6.45, 7) is 1.08. The average molecular weight is 484 g/mol. The number of rotatable bonds is 4. The van der Waals surface area contributed by atoms with Crippen molar-refractivity contribution in [1.82, 2.24) is 20.4 Å². The monoisotopic (exact) mass is 483 g/mol. The number of benzene rings is 2. The van der Waals surface area contributed by atoms with Crippen molar-refractivity contribution in [2.75, 3.05) is 18.4 Å². The fraction of sp³-hybridized carbons (Fsp3) is 0.217. The Morgan fingerprint density at radius 1 is 0.939 bits per heavy atom. The Kier molecular flexibility index (Phi) is 5.88. The number of piperidine rings is 1. The van der Waals surface area contributed by atoms with Crippen molar-refractivity contribution < 1.29 is 14.0 Å². The van der Waals surface area contributed by atoms with Gasteiger partial charge in [-0.1, -0.05) is 29.3 Å². The average Bonchev–Trinajstić information content (AvgIpc) is 3.20. The van der Waals surface area contributed by atoms with Crippen LogP contribution in [0.1, 0.15) is 23.3 Å². The SMILES string of the molecule is O=C(NN1CCC(C(=O)Nc2nc3cc(Cl)ccc3o2)CC1)c1ccc2cc(Cl)ccc2n1. The van der Waals surface area contributed by atoms with E-state index in [2.05, 4.69) is 20.7 Å². The molecule has 3 heterocycles. The minimum absolute atomic E-state index is 0.150. The number of carbonyl (C=O) groups excluding carboxylic acids is 2. The minimum Gasteiger partial charge on any atom is -0.423 e. The van der Waals surface area contributed by atoms with Gasteiger partial charge in [0.15, 0.2) is 5.58 Å². The molecule has 0 aliphatic carbocycles. The molecular weight excluding hydrogens is 465 g/mol. The molecule has 4 aromatic rings. The van der Waals surface area contributed by atoms with Gasteiger partial charge in [0.1, 0.15) is 11.2 Å². The van der Waals surface area contributed by atoms with E-state index in [1.807, 2.05) is 6.07 Å². The molecule has 8 nitrogen and oxygen atoms in total. The number of nitrogens with one attached hydrogen (secondary N) is 2. The van der Waals surface area contributed by atoms with Gasteiger partial charge < -0.3 is 4.42 Å². The summed E-state index contributed by atoms with van der Waals surface area (Å²) in [5.74, 6) is -0.659. The molecule has 2 aromatic carbocycles. The molecular formula is C23H19Cl2N5O3. The Hall–Kier alpha value is -3.20. The second kappa shape index (κ2) is 8.97. The quantitative estimate of drug-likeness (QED) is 0.437. The molecule has 2 N–H and O–H groups in total. The van der Waals surface area contributed by atoms with Crippen LogP contribution in [-0.2, 0) is 4.79 Å². The highest BCUT2D eigenvalue weighted by Crippen LogP contribution is 2.24. The summed E-state index contributed by atoms with van der Waals surface area (Å²) in [6, 6.07) is 14.1. The van der Waals surface area contributed by atoms with Crippen molar-refractivity contribution in [3.05, 3.63) is 64.3 Å². The largest absolute Gasteiger partial charge is 0.423 e. The molecule has 0 unspecified atom stereocenters. The number of carbonyl (C=O) groups is 2. The lowest BCUT2D eigenvalue weighted by atomic mass is 9.97. The van der Waals surface area contributed by atoms with Gasteiger partial charge in [-0.3, -0.25) is 20.3 Å². The lowest BCUT2D eigenvalue weighted by molar-refractivity contribution is -0.121. The topological polar surface area (TPSA) is 100 Å². The molecule has 168 valence electrons. The lowest BCUT2D eigenvalue weighted by Gasteiger charge is -2.30. The standard InChI is InChI=1S/C23H19Cl2N5O3/c24-15-2-5-17-14(11-15)1-4-18(26-17)22(32)29-30-9-7-13(8-10-30)21(31)28-23-27-19-12-16(25)3-6-20(19)33-23/h1-6,11-13H,7-10H2,(H,29,32)(H,27,28,31). The van der Waals surface area contributed by atoms with E-state index < -0.39 is 0 Å². The number of halogens is 2. The van der Waals surface area contributed by atoms with Crippen LogP contribution in [-0.4, -0.2) is 39.9 Å². The summed E-state index contributed by atoms with van der Waals surface area (Å²) in [4.78, 5) is 34.0. The molecule has 1 fully saturated rings. The number of anilines is 1. The number of hydrogen-bond donors (Lipinski definition) is 2. The van der Waals surface area contributed by atoms with Crippen molar-refractivity contribution >= 4 is 63.0 Å². The highest BCUT2D eigenvalue weighted by Gasteiger charge is 2.27. The van der Waals surface area contributed by atoms with Crippen LogP contribution in [0.4, 0.5) is 6.01 Å². The predicted molar refractivity (Wildman–Crippen MR) is 126 cm³/mol. The predicted octanol–water partition coefficient (Wildman–Crippen LogP) is 4.68. The van der Waals surface area contributed by atoms with Gasteiger partial charge in [0.25, 0.3) is 5.91 Å². The first-order chi connectivity index (χ1) is 15.9. The van der Waals surface area contributed by atoms with Gasteiger partial charge in [0.05, 0.1) is 5.52 Å². The first-order valence-corrected chi connectivity index (χ1v) is 11.2. The number of amides is 2. The van der Waals surface area contributed by atoms with E-state index >= 15 is 0 Å². The first-order valence-electron chi connectivity index (χ1n) is 10.4. The zero-order chi connectivity index (χ0) is 22.9. The number of hydrogen-bond acceptors (Lipinski definition) is 6. The van der Waals surface area contributed by atoms with Crippen LogP contribution >= 0.6 is 23.2 Å². The summed E-state index contributed by atoms with van der Waals surface area (Å²) in [6.07, 6.45) is 1.17. The second-order valence-electron chi connectivity index (χ2n) is 7.86. The normalized spacial score (nSPS) is 15.1. The zero-order valence-corrected chi connectivity index (χ0v) is 18.9. The molecule has 0 atom stereocenters. The van der Waals surface area contributed by atoms with E-state index in [9.17, 15) is 9.59 Å². The molecule has 2 aromatic heterocycles. The van der Waals surface area contributed by atoms with E-state index in [-0.39, 0.29) is 23.7 Å². The van der Waals surface area contributed by atoms with Crippen molar-refractivity contribution in [3.8, 4) is 0 Å². The Morgan fingerprint density at radius 2 is 1.70 bits per heavy atom. The van der Waals surface area contributed by atoms with Gasteiger partial charge in [-0.2, -0.15) is 4.98 Å². The van der Waals surface area contributed by atoms with E-state index in [0.29, 0.717) is 58.3 Å². The maximum atomic E-state index is 12.6. The highest BCUT2D eigenvalue weighted by molar-refractivity contribution is 6.31. The van der Waals surface area contributed by atoms with Crippen molar-refractivity contribution in [2.45, 2.75) is 12.8 Å². The molecule has 0 saturated carbocycles. The smallest absolute Gasteiger partial charge is 0.302 e. The Labute approximate surface area is 198 Å². The first kappa shape index (κ1) is 21.6. The van der Waals surface area contributed by atoms with Crippen LogP contribution in [0, 0.1) is 5.92 Å². The van der Waals surface area contributed by atoms with Gasteiger partial charge in [0, 0.05) is 34.4 Å². The van der Waals surface area contributed by atoms with Crippen LogP contribution in [0.2, 0.25) is 10.0 Å². The maximum Gasteiger partial charge on any atom is 0.302 e. The van der Waals surface area contributed by atoms with Crippen LogP contribution in [0.15, 0.2) is 52.9 Å². The number of hydrazine groups is 1. The Bertz CT molecular complexity index is 1360. The summed E-state index contributed by atoms with van der Waals surface area (Å²) < 4.78 is 5.56. The van der Waals surface area contributed by atoms with Gasteiger partial charge in [0.2, 0.25) is 5.91 Å². The van der Waals surface area contributed by atoms with Gasteiger partial charge in [-0.25, -0.2) is 9.99 Å². The van der Waals surface area contributed by atoms with Crippen molar-refractivity contribution in [2.24, 2.45) is 5.92 Å². The number of fused-ring (bicyclic) bond motifs is 2. The molecule has 0 bridgehead atoms. The summed E-state index contributed by atoms with van der Waals surface area (Å²) in [5, 5.41) is 6.58. The molecule has 1 saturated heterocycles. The third kappa shape index (κ3) is 4.78. The van der Waals surface area contributed by atoms with Gasteiger partial charge in [-0.15, -0.1) is 0 Å². The summed E-state index contributed by atoms with van der Waals surface area (Å²) in [5.41, 5.74) is 5.03. The fourth-order valence-electron chi connectivity index (χ4n) is 3.84. The van der Waals surface area contributed by atoms with Gasteiger partial charge >= 0.3 is 6.01 Å². The number of aromatic nitrogens is 2. The van der Waals surface area contributed by atoms with Crippen LogP contribution in [0.5, 0.6) is 0 Å². The molecule has 33 heavy (non-hydrogen) atoms. The molecule has 1 aliphatic rings. The van der Waals surface area contributed by atoms with Crippen LogP contribution in [0.25, 0.3) is 22.0 Å². The summed E-state index contributed by atoms with van der Waals surface area (Å²) in [7, 11) is 0. The highest BCUT2D eigenvalue weighted by atomic mass is 35.5. The van der Waals surface area contributed by atoms with E-state index in [1.165, 1.54) is 0 Å². The van der Waals surface area contributed by atoms with Crippen LogP contribution in [0.3, 0.4) is 0 Å². The molecule has 2 amide bonds. The summed E-state index contributed by atoms with van der Waals surface area (Å²) >= 11 is 12.0. The Balaban J connectivity index is 1.16. The molecule has 1 aliphatic heterocycles. The minimum atomic E-state index is -0.292. The van der Waals surface area contributed by atoms with E-state index in [1.54, 1.807) is 47.5 Å². The maximum absolute atomic E-state index is 12.6. The van der Waals surface area contributed by atoms with E-state index in [0.717, 1.165) is 5.39 Å². The van der Waals surface area contributed by atoms with Crippen molar-refractivity contribution in [3.63, 3.8) is 0 Å². The fourth-order valence-corrected chi connectivity index (χ4v) is 4.19. The van der Waals surface area contributed by atoms with Crippen molar-refractivity contribution in [1.29, 1.82) is 0 Å². The molecule has 0 radical (unpaired) electrons. The third-order valence-electron chi connectivity index (χ3n) is 5.59. The molecule has 5 rings (SSSR count). The van der Waals surface area contributed by atoms with E-state index in [4.69, 9.17) is 27.6 Å². The zero-order valence-electron chi connectivity index (χ0n) is 17.3. The third-order valence-corrected chi connectivity index (χ3v) is 6.06. The molecule has 10 heteroatoms. The Morgan fingerprint density at radius 3 is 2.52 bits per heavy atom. The van der Waals surface area contributed by atoms with Gasteiger partial charge in [-0.05, 0) is 55.3 Å². The second-order valence-corrected chi connectivity index (χ2v) is 8.73. The number of oxazole rings is 1. The number of nitrogens with zero attached hydrogens (tertiary/aromatic N) is 3.